The van der Waals surface area contributed by atoms with Crippen LogP contribution >= 0.6 is 0 Å². The van der Waals surface area contributed by atoms with Crippen LogP contribution in [0.4, 0.5) is 0 Å². The van der Waals surface area contributed by atoms with Crippen molar-refractivity contribution in [3.8, 4) is 5.92 Å². The van der Waals surface area contributed by atoms with E-state index in [1.54, 1.807) is 20.8 Å². The molecule has 0 saturated heterocycles. The third-order valence-corrected chi connectivity index (χ3v) is 1.69. The first-order chi connectivity index (χ1) is 6.96. The van der Waals surface area contributed by atoms with Gasteiger partial charge in [-0.25, -0.2) is 0 Å². The number of ketones is 2. The first-order valence-electron chi connectivity index (χ1n) is 5.03. The minimum absolute atomic E-state index is 0. The zero-order valence-electron chi connectivity index (χ0n) is 11.7. The molecule has 104 valence electrons. The molecule has 0 fully saturated rings. The molecule has 0 aromatic heterocycles. The van der Waals surface area contributed by atoms with Gasteiger partial charge in [0.1, 0.15) is 0 Å². The molecule has 0 N–H and O–H groups in total. The number of hydrogen-bond acceptors (Lipinski definition) is 2. The number of carbonyl (C=O) groups excluding carboxylic acids is 2. The van der Waals surface area contributed by atoms with Gasteiger partial charge in [-0.2, -0.15) is 6.08 Å². The molecule has 0 aromatic rings. The third kappa shape index (κ3) is 14.0. The van der Waals surface area contributed by atoms with E-state index in [9.17, 15) is 9.59 Å². The van der Waals surface area contributed by atoms with Gasteiger partial charge in [0, 0.05) is 46.6 Å². The molecule has 0 aliphatic carbocycles. The zero-order chi connectivity index (χ0) is 13.6. The van der Waals surface area contributed by atoms with Gasteiger partial charge in [0.05, 0.1) is 5.78 Å². The molecule has 0 aliphatic rings. The van der Waals surface area contributed by atoms with Crippen molar-refractivity contribution < 1.29 is 50.4 Å². The number of Topliss-reactive ketones (excluding diaryl/α,β-unsaturated/α-hetero) is 1. The molecule has 0 atom stereocenters. The summed E-state index contributed by atoms with van der Waals surface area (Å²) in [5, 5.41) is 0. The average Bonchev–Trinajstić information content (AvgIpc) is 2.13. The fourth-order valence-corrected chi connectivity index (χ4v) is 0.438. The van der Waals surface area contributed by atoms with Crippen LogP contribution in [0.5, 0.6) is 0 Å². The van der Waals surface area contributed by atoms with E-state index in [1.165, 1.54) is 0 Å². The smallest absolute Gasteiger partial charge is 0.0518 e. The summed E-state index contributed by atoms with van der Waals surface area (Å²) in [6.07, 6.45) is 7.58. The molecule has 18 heavy (non-hydrogen) atoms. The van der Waals surface area contributed by atoms with Gasteiger partial charge in [-0.15, -0.1) is 0 Å². The number of allylic oxidation sites excluding steroid dienone is 1. The Morgan fingerprint density at radius 1 is 1.00 bits per heavy atom. The van der Waals surface area contributed by atoms with Crippen molar-refractivity contribution in [2.45, 2.75) is 41.5 Å². The van der Waals surface area contributed by atoms with Gasteiger partial charge < -0.3 is 16.0 Å². The van der Waals surface area contributed by atoms with Crippen LogP contribution in [0.2, 0.25) is 0 Å². The van der Waals surface area contributed by atoms with E-state index in [1.807, 2.05) is 26.7 Å². The van der Waals surface area contributed by atoms with Gasteiger partial charge in [0.15, 0.2) is 0 Å². The monoisotopic (exact) mass is 594 g/mol. The van der Waals surface area contributed by atoms with Crippen molar-refractivity contribution >= 4 is 11.6 Å². The second-order valence-corrected chi connectivity index (χ2v) is 5.49. The van der Waals surface area contributed by atoms with E-state index in [0.29, 0.717) is 0 Å². The van der Waals surface area contributed by atoms with Gasteiger partial charge in [-0.05, 0) is 10.8 Å². The minimum atomic E-state index is -0.429. The average molecular weight is 593 g/mol. The molecule has 0 rings (SSSR count). The molecule has 0 aliphatic heterocycles. The van der Waals surface area contributed by atoms with Crippen LogP contribution in [0, 0.1) is 29.8 Å². The molecule has 0 heterocycles. The van der Waals surface area contributed by atoms with E-state index < -0.39 is 5.41 Å². The Kier molecular flexibility index (Phi) is 16.0. The van der Waals surface area contributed by atoms with E-state index in [0.717, 1.165) is 6.08 Å². The fourth-order valence-electron chi connectivity index (χ4n) is 0.438. The van der Waals surface area contributed by atoms with E-state index in [4.69, 9.17) is 13.0 Å². The molecule has 0 amide bonds. The fraction of sp³-hybridized carbons (Fsp3) is 0.571. The van der Waals surface area contributed by atoms with Crippen LogP contribution in [0.1, 0.15) is 41.5 Å². The Bertz CT molecular complexity index is 312. The molecule has 0 saturated carbocycles. The second kappa shape index (κ2) is 10.8. The predicted molar refractivity (Wildman–Crippen MR) is 64.9 cm³/mol. The summed E-state index contributed by atoms with van der Waals surface area (Å²) < 4.78 is 0. The topological polar surface area (TPSA) is 34.1 Å². The maximum Gasteiger partial charge on any atom is 0.0518 e. The van der Waals surface area contributed by atoms with Crippen molar-refractivity contribution in [3.05, 3.63) is 19.1 Å². The van der Waals surface area contributed by atoms with Gasteiger partial charge in [-0.3, -0.25) is 12.5 Å². The minimum Gasteiger partial charge on any atom is -0.406 e. The molecule has 2 nitrogen and oxygen atoms in total. The van der Waals surface area contributed by atoms with Gasteiger partial charge in [-0.1, -0.05) is 41.5 Å². The van der Waals surface area contributed by atoms with Crippen LogP contribution in [0.25, 0.3) is 0 Å². The standard InChI is InChI=1S/C7H11O.C7H9O.2Re/c2*1-5-6(8)7(2,3)4;;/h1,5H,2-4H3;2-4H3;;/q2*-1;;. The Morgan fingerprint density at radius 2 is 1.33 bits per heavy atom. The molecular formula is C14H20O2Re2-2. The van der Waals surface area contributed by atoms with Crippen LogP contribution in [0.15, 0.2) is 6.08 Å². The summed E-state index contributed by atoms with van der Waals surface area (Å²) in [6, 6.07) is 0. The Balaban J connectivity index is -0.0000000980. The Morgan fingerprint density at radius 3 is 1.33 bits per heavy atom. The molecular weight excluding hydrogens is 573 g/mol. The Hall–Kier alpha value is -0.0353. The normalized spacial score (nSPS) is 9.39. The summed E-state index contributed by atoms with van der Waals surface area (Å²) in [5.41, 5.74) is -0.740. The first kappa shape index (κ1) is 26.5. The number of carbonyl (C=O) groups is 2. The summed E-state index contributed by atoms with van der Waals surface area (Å²) in [7, 11) is 0. The largest absolute Gasteiger partial charge is 0.406 e. The maximum absolute atomic E-state index is 10.7. The molecule has 0 unspecified atom stereocenters. The predicted octanol–water partition coefficient (Wildman–Crippen LogP) is 2.78. The van der Waals surface area contributed by atoms with Crippen molar-refractivity contribution in [1.82, 2.24) is 0 Å². The van der Waals surface area contributed by atoms with Gasteiger partial charge in [0.2, 0.25) is 0 Å². The zero-order valence-corrected chi connectivity index (χ0v) is 17.2. The quantitative estimate of drug-likeness (QED) is 0.267. The molecule has 0 spiro atoms. The summed E-state index contributed by atoms with van der Waals surface area (Å²) in [5.74, 6) is 1.55. The maximum atomic E-state index is 10.7. The van der Waals surface area contributed by atoms with E-state index in [-0.39, 0.29) is 57.8 Å². The third-order valence-electron chi connectivity index (χ3n) is 1.69. The molecule has 4 heteroatoms. The summed E-state index contributed by atoms with van der Waals surface area (Å²) in [4.78, 5) is 21.2. The van der Waals surface area contributed by atoms with Crippen LogP contribution in [0.3, 0.4) is 0 Å². The Labute approximate surface area is 139 Å². The molecule has 0 aromatic carbocycles. The van der Waals surface area contributed by atoms with E-state index >= 15 is 0 Å². The molecule has 0 bridgehead atoms. The second-order valence-electron chi connectivity index (χ2n) is 5.49. The number of rotatable bonds is 1. The van der Waals surface area contributed by atoms with Crippen molar-refractivity contribution in [1.29, 1.82) is 0 Å². The van der Waals surface area contributed by atoms with E-state index in [2.05, 4.69) is 0 Å². The summed E-state index contributed by atoms with van der Waals surface area (Å²) in [6.45, 7) is 15.8. The van der Waals surface area contributed by atoms with Crippen molar-refractivity contribution in [2.75, 3.05) is 0 Å². The van der Waals surface area contributed by atoms with Gasteiger partial charge in [0.25, 0.3) is 0 Å². The van der Waals surface area contributed by atoms with Gasteiger partial charge >= 0.3 is 0 Å². The van der Waals surface area contributed by atoms with Crippen molar-refractivity contribution in [2.24, 2.45) is 10.8 Å². The van der Waals surface area contributed by atoms with Crippen LogP contribution < -0.4 is 0 Å². The SMILES string of the molecule is [C-]#CC(=O)C(C)(C)C.[CH-]=CC(=O)C(C)(C)C.[Re].[Re]. The van der Waals surface area contributed by atoms with Crippen LogP contribution in [-0.4, -0.2) is 11.6 Å². The number of hydrogen-bond donors (Lipinski definition) is 0. The molecule has 2 radical (unpaired) electrons. The van der Waals surface area contributed by atoms with Crippen LogP contribution in [-0.2, 0) is 50.4 Å². The van der Waals surface area contributed by atoms with Crippen molar-refractivity contribution in [3.63, 3.8) is 0 Å². The summed E-state index contributed by atoms with van der Waals surface area (Å²) >= 11 is 0. The first-order valence-corrected chi connectivity index (χ1v) is 5.03.